The van der Waals surface area contributed by atoms with Gasteiger partial charge < -0.3 is 9.64 Å². The van der Waals surface area contributed by atoms with Crippen LogP contribution in [0.4, 0.5) is 5.69 Å². The summed E-state index contributed by atoms with van der Waals surface area (Å²) in [7, 11) is 3.71. The van der Waals surface area contributed by atoms with E-state index in [1.807, 2.05) is 25.1 Å². The molecule has 25 heavy (non-hydrogen) atoms. The van der Waals surface area contributed by atoms with Crippen molar-refractivity contribution in [2.45, 2.75) is 0 Å². The summed E-state index contributed by atoms with van der Waals surface area (Å²) in [5.74, 6) is -1.71. The summed E-state index contributed by atoms with van der Waals surface area (Å²) in [4.78, 5) is 37.3. The van der Waals surface area contributed by atoms with E-state index in [4.69, 9.17) is 4.74 Å². The Morgan fingerprint density at radius 2 is 1.60 bits per heavy atom. The molecule has 0 unspecified atom stereocenters. The van der Waals surface area contributed by atoms with Gasteiger partial charge in [0.25, 0.3) is 11.8 Å². The summed E-state index contributed by atoms with van der Waals surface area (Å²) >= 11 is 0. The number of benzene rings is 2. The van der Waals surface area contributed by atoms with Gasteiger partial charge in [-0.1, -0.05) is 24.3 Å². The average molecular weight is 341 g/mol. The minimum atomic E-state index is -0.638. The summed E-state index contributed by atoms with van der Waals surface area (Å²) in [5.41, 5.74) is 6.03. The fourth-order valence-corrected chi connectivity index (χ4v) is 1.95. The summed E-state index contributed by atoms with van der Waals surface area (Å²) in [6.45, 7) is -0.500. The second-order valence-corrected chi connectivity index (χ2v) is 5.39. The minimum absolute atomic E-state index is 0.340. The van der Waals surface area contributed by atoms with E-state index in [0.29, 0.717) is 11.1 Å². The maximum atomic E-state index is 12.0. The highest BCUT2D eigenvalue weighted by Gasteiger charge is 2.12. The van der Waals surface area contributed by atoms with Gasteiger partial charge in [-0.05, 0) is 30.3 Å². The number of carbonyl (C=O) groups excluding carboxylic acids is 3. The van der Waals surface area contributed by atoms with Gasteiger partial charge in [0, 0.05) is 25.3 Å². The Morgan fingerprint density at radius 3 is 2.28 bits per heavy atom. The van der Waals surface area contributed by atoms with E-state index < -0.39 is 24.4 Å². The lowest BCUT2D eigenvalue weighted by atomic mass is 10.2. The Kier molecular flexibility index (Phi) is 6.11. The highest BCUT2D eigenvalue weighted by atomic mass is 16.5. The predicted octanol–water partition coefficient (Wildman–Crippen LogP) is 1.37. The maximum absolute atomic E-state index is 12.0. The molecule has 0 saturated carbocycles. The number of nitrogens with one attached hydrogen (secondary N) is 2. The molecule has 7 nitrogen and oxygen atoms in total. The van der Waals surface area contributed by atoms with Gasteiger partial charge in [-0.2, -0.15) is 0 Å². The zero-order chi connectivity index (χ0) is 18.2. The maximum Gasteiger partial charge on any atom is 0.338 e. The third kappa shape index (κ3) is 5.35. The highest BCUT2D eigenvalue weighted by molar-refractivity contribution is 5.96. The number of ether oxygens (including phenoxy) is 1. The van der Waals surface area contributed by atoms with E-state index >= 15 is 0 Å². The SMILES string of the molecule is CN(C)c1cccc(C(=O)OCC(=O)NNC(=O)c2ccccc2)c1. The molecule has 2 aromatic rings. The molecule has 0 saturated heterocycles. The molecule has 7 heteroatoms. The summed E-state index contributed by atoms with van der Waals surface area (Å²) in [6, 6.07) is 15.3. The van der Waals surface area contributed by atoms with Crippen LogP contribution in [-0.4, -0.2) is 38.5 Å². The number of hydrogen-bond acceptors (Lipinski definition) is 5. The van der Waals surface area contributed by atoms with Gasteiger partial charge in [-0.25, -0.2) is 4.79 Å². The molecule has 130 valence electrons. The van der Waals surface area contributed by atoms with Crippen LogP contribution < -0.4 is 15.8 Å². The van der Waals surface area contributed by atoms with E-state index in [9.17, 15) is 14.4 Å². The second-order valence-electron chi connectivity index (χ2n) is 5.39. The molecule has 0 spiro atoms. The molecule has 2 rings (SSSR count). The Balaban J connectivity index is 1.80. The zero-order valence-corrected chi connectivity index (χ0v) is 14.0. The number of hydrazine groups is 1. The van der Waals surface area contributed by atoms with Crippen molar-refractivity contribution in [3.8, 4) is 0 Å². The molecule has 2 aromatic carbocycles. The largest absolute Gasteiger partial charge is 0.452 e. The molecule has 0 bridgehead atoms. The van der Waals surface area contributed by atoms with E-state index in [1.54, 1.807) is 48.5 Å². The fourth-order valence-electron chi connectivity index (χ4n) is 1.95. The van der Waals surface area contributed by atoms with Crippen LogP contribution in [0.1, 0.15) is 20.7 Å². The van der Waals surface area contributed by atoms with E-state index in [0.717, 1.165) is 5.69 Å². The minimum Gasteiger partial charge on any atom is -0.452 e. The lowest BCUT2D eigenvalue weighted by Gasteiger charge is -2.13. The van der Waals surface area contributed by atoms with Crippen molar-refractivity contribution in [2.24, 2.45) is 0 Å². The molecule has 0 fully saturated rings. The van der Waals surface area contributed by atoms with Crippen molar-refractivity contribution in [3.63, 3.8) is 0 Å². The van der Waals surface area contributed by atoms with Crippen LogP contribution in [0.2, 0.25) is 0 Å². The van der Waals surface area contributed by atoms with Gasteiger partial charge in [-0.15, -0.1) is 0 Å². The number of carbonyl (C=O) groups is 3. The number of nitrogens with zero attached hydrogens (tertiary/aromatic N) is 1. The van der Waals surface area contributed by atoms with Crippen LogP contribution in [0.5, 0.6) is 0 Å². The quantitative estimate of drug-likeness (QED) is 0.633. The van der Waals surface area contributed by atoms with Crippen molar-refractivity contribution >= 4 is 23.5 Å². The Hall–Kier alpha value is -3.35. The zero-order valence-electron chi connectivity index (χ0n) is 14.0. The molecule has 0 aromatic heterocycles. The van der Waals surface area contributed by atoms with Crippen molar-refractivity contribution in [2.75, 3.05) is 25.6 Å². The van der Waals surface area contributed by atoms with Gasteiger partial charge >= 0.3 is 5.97 Å². The smallest absolute Gasteiger partial charge is 0.338 e. The van der Waals surface area contributed by atoms with Gasteiger partial charge in [0.1, 0.15) is 0 Å². The number of anilines is 1. The van der Waals surface area contributed by atoms with Gasteiger partial charge in [0.05, 0.1) is 5.56 Å². The Labute approximate surface area is 145 Å². The first-order valence-electron chi connectivity index (χ1n) is 7.56. The van der Waals surface area contributed by atoms with Gasteiger partial charge in [0.15, 0.2) is 6.61 Å². The highest BCUT2D eigenvalue weighted by Crippen LogP contribution is 2.14. The standard InChI is InChI=1S/C18H19N3O4/c1-21(2)15-10-6-9-14(11-15)18(24)25-12-16(22)19-20-17(23)13-7-4-3-5-8-13/h3-11H,12H2,1-2H3,(H,19,22)(H,20,23). The molecule has 0 radical (unpaired) electrons. The van der Waals surface area contributed by atoms with Crippen molar-refractivity contribution in [1.82, 2.24) is 10.9 Å². The normalized spacial score (nSPS) is 9.84. The third-order valence-corrected chi connectivity index (χ3v) is 3.28. The van der Waals surface area contributed by atoms with Crippen LogP contribution in [0, 0.1) is 0 Å². The fraction of sp³-hybridized carbons (Fsp3) is 0.167. The summed E-state index contributed by atoms with van der Waals surface area (Å²) in [5, 5.41) is 0. The molecule has 2 N–H and O–H groups in total. The Morgan fingerprint density at radius 1 is 0.920 bits per heavy atom. The molecule has 0 aliphatic carbocycles. The van der Waals surface area contributed by atoms with E-state index in [2.05, 4.69) is 10.9 Å². The topological polar surface area (TPSA) is 87.7 Å². The van der Waals surface area contributed by atoms with Crippen molar-refractivity contribution in [1.29, 1.82) is 0 Å². The summed E-state index contributed by atoms with van der Waals surface area (Å²) in [6.07, 6.45) is 0. The van der Waals surface area contributed by atoms with E-state index in [1.165, 1.54) is 0 Å². The number of rotatable bonds is 5. The van der Waals surface area contributed by atoms with Gasteiger partial charge in [-0.3, -0.25) is 20.4 Å². The first-order valence-corrected chi connectivity index (χ1v) is 7.56. The second kappa shape index (κ2) is 8.49. The molecule has 2 amide bonds. The lowest BCUT2D eigenvalue weighted by molar-refractivity contribution is -0.125. The summed E-state index contributed by atoms with van der Waals surface area (Å²) < 4.78 is 4.94. The van der Waals surface area contributed by atoms with Crippen LogP contribution >= 0.6 is 0 Å². The van der Waals surface area contributed by atoms with Crippen LogP contribution in [0.15, 0.2) is 54.6 Å². The first kappa shape index (κ1) is 18.0. The number of amides is 2. The molecular formula is C18H19N3O4. The Bertz CT molecular complexity index is 760. The molecular weight excluding hydrogens is 322 g/mol. The first-order chi connectivity index (χ1) is 12.0. The van der Waals surface area contributed by atoms with Gasteiger partial charge in [0.2, 0.25) is 0 Å². The van der Waals surface area contributed by atoms with Crippen molar-refractivity contribution < 1.29 is 19.1 Å². The third-order valence-electron chi connectivity index (χ3n) is 3.28. The monoisotopic (exact) mass is 341 g/mol. The molecule has 0 heterocycles. The van der Waals surface area contributed by atoms with Crippen LogP contribution in [-0.2, 0) is 9.53 Å². The van der Waals surface area contributed by atoms with E-state index in [-0.39, 0.29) is 0 Å². The van der Waals surface area contributed by atoms with Crippen molar-refractivity contribution in [3.05, 3.63) is 65.7 Å². The molecule has 0 aliphatic heterocycles. The van der Waals surface area contributed by atoms with Crippen LogP contribution in [0.3, 0.4) is 0 Å². The number of hydrogen-bond donors (Lipinski definition) is 2. The number of esters is 1. The molecule has 0 aliphatic rings. The lowest BCUT2D eigenvalue weighted by Crippen LogP contribution is -2.43. The van der Waals surface area contributed by atoms with Crippen LogP contribution in [0.25, 0.3) is 0 Å². The molecule has 0 atom stereocenters. The average Bonchev–Trinajstić information content (AvgIpc) is 2.64. The predicted molar refractivity (Wildman–Crippen MR) is 93.1 cm³/mol.